The summed E-state index contributed by atoms with van der Waals surface area (Å²) in [5, 5.41) is 6.63. The molecule has 1 unspecified atom stereocenters. The van der Waals surface area contributed by atoms with E-state index in [1.165, 1.54) is 5.56 Å². The molecule has 148 valence electrons. The number of ether oxygens (including phenoxy) is 3. The molecule has 1 aliphatic heterocycles. The van der Waals surface area contributed by atoms with Crippen molar-refractivity contribution in [2.24, 2.45) is 4.99 Å². The highest BCUT2D eigenvalue weighted by Crippen LogP contribution is 2.18. The smallest absolute Gasteiger partial charge is 0.191 e. The molecule has 1 saturated heterocycles. The largest absolute Gasteiger partial charge is 0.496 e. The Kier molecular flexibility index (Phi) is 11.6. The average Bonchev–Trinajstić information content (AvgIpc) is 3.14. The van der Waals surface area contributed by atoms with Crippen molar-refractivity contribution >= 4 is 29.9 Å². The molecule has 1 heterocycles. The summed E-state index contributed by atoms with van der Waals surface area (Å²) in [6, 6.07) is 6.18. The summed E-state index contributed by atoms with van der Waals surface area (Å²) < 4.78 is 16.5. The number of aryl methyl sites for hydroxylation is 1. The van der Waals surface area contributed by atoms with E-state index in [1.54, 1.807) is 14.2 Å². The van der Waals surface area contributed by atoms with Crippen LogP contribution in [0.1, 0.15) is 30.4 Å². The second-order valence-corrected chi connectivity index (χ2v) is 6.22. The fourth-order valence-electron chi connectivity index (χ4n) is 2.83. The molecule has 1 fully saturated rings. The van der Waals surface area contributed by atoms with E-state index in [0.29, 0.717) is 12.7 Å². The molecule has 1 aliphatic rings. The van der Waals surface area contributed by atoms with Crippen LogP contribution in [0, 0.1) is 6.92 Å². The molecule has 0 aliphatic carbocycles. The number of rotatable bonds is 9. The van der Waals surface area contributed by atoms with Gasteiger partial charge in [-0.2, -0.15) is 0 Å². The van der Waals surface area contributed by atoms with Crippen LogP contribution in [-0.2, 0) is 16.0 Å². The first-order valence-corrected chi connectivity index (χ1v) is 9.00. The Balaban J connectivity index is 0.00000338. The SMILES string of the molecule is CN=C(NCCCOCC1CCCO1)NCc1ccc(OC)c(C)c1.I. The molecule has 6 nitrogen and oxygen atoms in total. The molecule has 2 rings (SSSR count). The van der Waals surface area contributed by atoms with E-state index in [4.69, 9.17) is 14.2 Å². The minimum Gasteiger partial charge on any atom is -0.496 e. The highest BCUT2D eigenvalue weighted by atomic mass is 127. The molecule has 1 atom stereocenters. The zero-order valence-corrected chi connectivity index (χ0v) is 18.4. The summed E-state index contributed by atoms with van der Waals surface area (Å²) in [5.74, 6) is 1.71. The lowest BCUT2D eigenvalue weighted by Crippen LogP contribution is -2.37. The highest BCUT2D eigenvalue weighted by Gasteiger charge is 2.14. The Morgan fingerprint density at radius 1 is 1.35 bits per heavy atom. The maximum absolute atomic E-state index is 5.66. The Bertz CT molecular complexity index is 549. The van der Waals surface area contributed by atoms with Gasteiger partial charge in [0.25, 0.3) is 0 Å². The first kappa shape index (κ1) is 23.0. The predicted octanol–water partition coefficient (Wildman–Crippen LogP) is 2.87. The van der Waals surface area contributed by atoms with Crippen LogP contribution in [0.15, 0.2) is 23.2 Å². The van der Waals surface area contributed by atoms with Gasteiger partial charge in [0.2, 0.25) is 0 Å². The quantitative estimate of drug-likeness (QED) is 0.248. The number of benzene rings is 1. The molecular weight excluding hydrogens is 445 g/mol. The Morgan fingerprint density at radius 2 is 2.19 bits per heavy atom. The minimum absolute atomic E-state index is 0. The van der Waals surface area contributed by atoms with Gasteiger partial charge in [0.1, 0.15) is 5.75 Å². The standard InChI is InChI=1S/C19H31N3O3.HI/c1-15-12-16(7-8-18(15)23-3)13-22-19(20-2)21-9-5-10-24-14-17-6-4-11-25-17;/h7-8,12,17H,4-6,9-11,13-14H2,1-3H3,(H2,20,21,22);1H. The number of hydrogen-bond acceptors (Lipinski definition) is 4. The summed E-state index contributed by atoms with van der Waals surface area (Å²) in [6.45, 7) is 5.93. The van der Waals surface area contributed by atoms with Gasteiger partial charge in [0, 0.05) is 33.4 Å². The highest BCUT2D eigenvalue weighted by molar-refractivity contribution is 14.0. The second kappa shape index (κ2) is 13.2. The number of hydrogen-bond donors (Lipinski definition) is 2. The molecule has 1 aromatic carbocycles. The molecule has 0 bridgehead atoms. The molecule has 26 heavy (non-hydrogen) atoms. The van der Waals surface area contributed by atoms with Crippen LogP contribution in [0.5, 0.6) is 5.75 Å². The first-order valence-electron chi connectivity index (χ1n) is 9.00. The monoisotopic (exact) mass is 477 g/mol. The van der Waals surface area contributed by atoms with Crippen molar-refractivity contribution in [3.05, 3.63) is 29.3 Å². The number of methoxy groups -OCH3 is 1. The minimum atomic E-state index is 0. The average molecular weight is 477 g/mol. The van der Waals surface area contributed by atoms with Crippen LogP contribution in [0.2, 0.25) is 0 Å². The lowest BCUT2D eigenvalue weighted by Gasteiger charge is -2.13. The predicted molar refractivity (Wildman–Crippen MR) is 116 cm³/mol. The van der Waals surface area contributed by atoms with E-state index in [-0.39, 0.29) is 24.0 Å². The van der Waals surface area contributed by atoms with Crippen molar-refractivity contribution in [3.63, 3.8) is 0 Å². The van der Waals surface area contributed by atoms with E-state index >= 15 is 0 Å². The number of nitrogens with zero attached hydrogens (tertiary/aromatic N) is 1. The molecule has 7 heteroatoms. The van der Waals surface area contributed by atoms with Crippen molar-refractivity contribution in [3.8, 4) is 5.75 Å². The second-order valence-electron chi connectivity index (χ2n) is 6.22. The molecule has 1 aromatic rings. The van der Waals surface area contributed by atoms with Gasteiger partial charge in [-0.15, -0.1) is 24.0 Å². The van der Waals surface area contributed by atoms with Crippen LogP contribution in [0.4, 0.5) is 0 Å². The zero-order chi connectivity index (χ0) is 17.9. The van der Waals surface area contributed by atoms with Crippen LogP contribution >= 0.6 is 24.0 Å². The van der Waals surface area contributed by atoms with Gasteiger partial charge in [0.15, 0.2) is 5.96 Å². The van der Waals surface area contributed by atoms with Crippen molar-refractivity contribution in [1.29, 1.82) is 0 Å². The Hall–Kier alpha value is -1.06. The maximum atomic E-state index is 5.66. The normalized spacial score (nSPS) is 16.9. The Labute approximate surface area is 174 Å². The van der Waals surface area contributed by atoms with Gasteiger partial charge in [-0.3, -0.25) is 4.99 Å². The lowest BCUT2D eigenvalue weighted by molar-refractivity contribution is 0.0168. The van der Waals surface area contributed by atoms with Gasteiger partial charge in [0.05, 0.1) is 19.8 Å². The van der Waals surface area contributed by atoms with Crippen LogP contribution in [0.3, 0.4) is 0 Å². The summed E-state index contributed by atoms with van der Waals surface area (Å²) in [5.41, 5.74) is 2.33. The van der Waals surface area contributed by atoms with Crippen molar-refractivity contribution in [2.45, 2.75) is 38.8 Å². The lowest BCUT2D eigenvalue weighted by atomic mass is 10.1. The molecule has 0 amide bonds. The molecule has 0 saturated carbocycles. The van der Waals surface area contributed by atoms with Crippen molar-refractivity contribution in [1.82, 2.24) is 10.6 Å². The third kappa shape index (κ3) is 8.09. The first-order chi connectivity index (χ1) is 12.2. The van der Waals surface area contributed by atoms with E-state index < -0.39 is 0 Å². The summed E-state index contributed by atoms with van der Waals surface area (Å²) in [6.07, 6.45) is 3.52. The maximum Gasteiger partial charge on any atom is 0.191 e. The van der Waals surface area contributed by atoms with Gasteiger partial charge in [-0.1, -0.05) is 12.1 Å². The molecular formula is C19H32IN3O3. The number of halogens is 1. The molecule has 2 N–H and O–H groups in total. The van der Waals surface area contributed by atoms with E-state index in [2.05, 4.69) is 27.8 Å². The van der Waals surface area contributed by atoms with E-state index in [9.17, 15) is 0 Å². The van der Waals surface area contributed by atoms with Crippen LogP contribution in [-0.4, -0.2) is 52.6 Å². The van der Waals surface area contributed by atoms with Gasteiger partial charge in [-0.05, 0) is 43.4 Å². The molecule has 0 spiro atoms. The number of aliphatic imine (C=N–C) groups is 1. The van der Waals surface area contributed by atoms with Crippen LogP contribution < -0.4 is 15.4 Å². The topological polar surface area (TPSA) is 64.1 Å². The van der Waals surface area contributed by atoms with E-state index in [1.807, 2.05) is 13.0 Å². The molecule has 0 radical (unpaired) electrons. The third-order valence-corrected chi connectivity index (χ3v) is 4.23. The fourth-order valence-corrected chi connectivity index (χ4v) is 2.83. The van der Waals surface area contributed by atoms with Gasteiger partial charge < -0.3 is 24.8 Å². The molecule has 0 aromatic heterocycles. The zero-order valence-electron chi connectivity index (χ0n) is 16.0. The fraction of sp³-hybridized carbons (Fsp3) is 0.632. The Morgan fingerprint density at radius 3 is 2.85 bits per heavy atom. The van der Waals surface area contributed by atoms with Gasteiger partial charge >= 0.3 is 0 Å². The summed E-state index contributed by atoms with van der Waals surface area (Å²) >= 11 is 0. The van der Waals surface area contributed by atoms with Crippen molar-refractivity contribution < 1.29 is 14.2 Å². The number of guanidine groups is 1. The summed E-state index contributed by atoms with van der Waals surface area (Å²) in [4.78, 5) is 4.25. The van der Waals surface area contributed by atoms with Crippen molar-refractivity contribution in [2.75, 3.05) is 40.5 Å². The summed E-state index contributed by atoms with van der Waals surface area (Å²) in [7, 11) is 3.47. The van der Waals surface area contributed by atoms with E-state index in [0.717, 1.165) is 62.8 Å². The van der Waals surface area contributed by atoms with Gasteiger partial charge in [-0.25, -0.2) is 0 Å². The number of nitrogens with one attached hydrogen (secondary N) is 2. The van der Waals surface area contributed by atoms with Crippen LogP contribution in [0.25, 0.3) is 0 Å². The third-order valence-electron chi connectivity index (χ3n) is 4.23.